The summed E-state index contributed by atoms with van der Waals surface area (Å²) in [5.74, 6) is 0.698. The topological polar surface area (TPSA) is 67.0 Å². The molecule has 3 rings (SSSR count). The first-order valence-corrected chi connectivity index (χ1v) is 7.72. The molecule has 1 atom stereocenters. The number of amides is 1. The summed E-state index contributed by atoms with van der Waals surface area (Å²) in [6.45, 7) is 2.23. The Morgan fingerprint density at radius 3 is 3.15 bits per heavy atom. The summed E-state index contributed by atoms with van der Waals surface area (Å²) >= 11 is 0. The second kappa shape index (κ2) is 6.39. The Labute approximate surface area is 119 Å². The van der Waals surface area contributed by atoms with Crippen molar-refractivity contribution in [2.45, 2.75) is 51.5 Å². The van der Waals surface area contributed by atoms with E-state index in [-0.39, 0.29) is 5.91 Å². The minimum Gasteiger partial charge on any atom is -0.381 e. The summed E-state index contributed by atoms with van der Waals surface area (Å²) in [5, 5.41) is 10.5. The highest BCUT2D eigenvalue weighted by atomic mass is 16.5. The van der Waals surface area contributed by atoms with Crippen molar-refractivity contribution < 1.29 is 9.53 Å². The van der Waals surface area contributed by atoms with E-state index in [0.29, 0.717) is 18.9 Å². The van der Waals surface area contributed by atoms with Gasteiger partial charge in [0.05, 0.1) is 12.2 Å². The van der Waals surface area contributed by atoms with E-state index in [1.54, 1.807) is 0 Å². The fourth-order valence-electron chi connectivity index (χ4n) is 3.11. The fraction of sp³-hybridized carbons (Fsp3) is 0.733. The molecule has 0 saturated carbocycles. The summed E-state index contributed by atoms with van der Waals surface area (Å²) in [4.78, 5) is 11.9. The molecule has 1 aliphatic carbocycles. The van der Waals surface area contributed by atoms with E-state index in [2.05, 4.69) is 15.5 Å². The highest BCUT2D eigenvalue weighted by Crippen LogP contribution is 2.22. The Morgan fingerprint density at radius 1 is 1.40 bits per heavy atom. The van der Waals surface area contributed by atoms with Gasteiger partial charge in [-0.25, -0.2) is 0 Å². The zero-order valence-corrected chi connectivity index (χ0v) is 11.9. The van der Waals surface area contributed by atoms with Crippen molar-refractivity contribution in [1.82, 2.24) is 15.5 Å². The summed E-state index contributed by atoms with van der Waals surface area (Å²) in [5.41, 5.74) is 3.63. The SMILES string of the molecule is O=C(CCC1CCOC1)NCc1n[nH]c2c1CCCC2. The van der Waals surface area contributed by atoms with Gasteiger partial charge in [-0.1, -0.05) is 0 Å². The molecule has 1 amide bonds. The van der Waals surface area contributed by atoms with Gasteiger partial charge in [-0.15, -0.1) is 0 Å². The minimum absolute atomic E-state index is 0.129. The van der Waals surface area contributed by atoms with Crippen LogP contribution >= 0.6 is 0 Å². The van der Waals surface area contributed by atoms with Crippen LogP contribution in [0.4, 0.5) is 0 Å². The fourth-order valence-corrected chi connectivity index (χ4v) is 3.11. The van der Waals surface area contributed by atoms with Gasteiger partial charge in [0.25, 0.3) is 0 Å². The van der Waals surface area contributed by atoms with Crippen LogP contribution in [0, 0.1) is 5.92 Å². The van der Waals surface area contributed by atoms with Crippen molar-refractivity contribution in [1.29, 1.82) is 0 Å². The first-order chi connectivity index (χ1) is 9.83. The molecule has 0 bridgehead atoms. The second-order valence-corrected chi connectivity index (χ2v) is 5.88. The highest BCUT2D eigenvalue weighted by molar-refractivity contribution is 5.75. The van der Waals surface area contributed by atoms with Gasteiger partial charge >= 0.3 is 0 Å². The van der Waals surface area contributed by atoms with E-state index in [4.69, 9.17) is 4.74 Å². The summed E-state index contributed by atoms with van der Waals surface area (Å²) in [7, 11) is 0. The second-order valence-electron chi connectivity index (χ2n) is 5.88. The number of carbonyl (C=O) groups excluding carboxylic acids is 1. The number of ether oxygens (including phenoxy) is 1. The van der Waals surface area contributed by atoms with Gasteiger partial charge in [0.15, 0.2) is 0 Å². The van der Waals surface area contributed by atoms with E-state index in [1.165, 1.54) is 24.1 Å². The molecule has 1 aromatic rings. The number of hydrogen-bond acceptors (Lipinski definition) is 3. The van der Waals surface area contributed by atoms with Crippen LogP contribution < -0.4 is 5.32 Å². The predicted molar refractivity (Wildman–Crippen MR) is 75.2 cm³/mol. The monoisotopic (exact) mass is 277 g/mol. The molecule has 0 spiro atoms. The molecule has 0 radical (unpaired) electrons. The van der Waals surface area contributed by atoms with Crippen molar-refractivity contribution in [3.8, 4) is 0 Å². The predicted octanol–water partition coefficient (Wildman–Crippen LogP) is 1.72. The molecule has 110 valence electrons. The largest absolute Gasteiger partial charge is 0.381 e. The number of H-pyrrole nitrogens is 1. The minimum atomic E-state index is 0.129. The average molecular weight is 277 g/mol. The van der Waals surface area contributed by atoms with E-state index in [1.807, 2.05) is 0 Å². The van der Waals surface area contributed by atoms with Crippen LogP contribution in [-0.4, -0.2) is 29.3 Å². The van der Waals surface area contributed by atoms with Gasteiger partial charge in [0.2, 0.25) is 5.91 Å². The van der Waals surface area contributed by atoms with Crippen molar-refractivity contribution in [2.75, 3.05) is 13.2 Å². The molecule has 2 aliphatic rings. The number of aromatic nitrogens is 2. The van der Waals surface area contributed by atoms with E-state index in [9.17, 15) is 4.79 Å². The first-order valence-electron chi connectivity index (χ1n) is 7.72. The van der Waals surface area contributed by atoms with Crippen molar-refractivity contribution in [3.05, 3.63) is 17.0 Å². The molecule has 5 heteroatoms. The van der Waals surface area contributed by atoms with Crippen LogP contribution in [-0.2, 0) is 28.9 Å². The zero-order chi connectivity index (χ0) is 13.8. The van der Waals surface area contributed by atoms with Crippen molar-refractivity contribution >= 4 is 5.91 Å². The molecule has 20 heavy (non-hydrogen) atoms. The van der Waals surface area contributed by atoms with Gasteiger partial charge in [-0.3, -0.25) is 9.89 Å². The van der Waals surface area contributed by atoms with Crippen molar-refractivity contribution in [3.63, 3.8) is 0 Å². The molecule has 1 fully saturated rings. The maximum absolute atomic E-state index is 11.9. The van der Waals surface area contributed by atoms with Crippen LogP contribution in [0.5, 0.6) is 0 Å². The highest BCUT2D eigenvalue weighted by Gasteiger charge is 2.18. The lowest BCUT2D eigenvalue weighted by molar-refractivity contribution is -0.121. The number of nitrogens with zero attached hydrogens (tertiary/aromatic N) is 1. The van der Waals surface area contributed by atoms with Gasteiger partial charge in [-0.2, -0.15) is 5.10 Å². The average Bonchev–Trinajstić information content (AvgIpc) is 3.12. The number of nitrogens with one attached hydrogen (secondary N) is 2. The smallest absolute Gasteiger partial charge is 0.220 e. The molecular formula is C15H23N3O2. The molecule has 2 heterocycles. The lowest BCUT2D eigenvalue weighted by atomic mass is 9.96. The van der Waals surface area contributed by atoms with E-state index in [0.717, 1.165) is 44.6 Å². The molecule has 1 saturated heterocycles. The maximum atomic E-state index is 11.9. The Morgan fingerprint density at radius 2 is 2.30 bits per heavy atom. The number of rotatable bonds is 5. The Hall–Kier alpha value is -1.36. The molecule has 1 aromatic heterocycles. The quantitative estimate of drug-likeness (QED) is 0.861. The maximum Gasteiger partial charge on any atom is 0.220 e. The molecule has 5 nitrogen and oxygen atoms in total. The van der Waals surface area contributed by atoms with Crippen LogP contribution in [0.1, 0.15) is 49.1 Å². The van der Waals surface area contributed by atoms with Crippen LogP contribution in [0.2, 0.25) is 0 Å². The van der Waals surface area contributed by atoms with Crippen LogP contribution in [0.25, 0.3) is 0 Å². The van der Waals surface area contributed by atoms with Gasteiger partial charge < -0.3 is 10.1 Å². The van der Waals surface area contributed by atoms with Gasteiger partial charge in [0, 0.05) is 25.3 Å². The lowest BCUT2D eigenvalue weighted by Crippen LogP contribution is -2.24. The third-order valence-electron chi connectivity index (χ3n) is 4.40. The Balaban J connectivity index is 1.44. The standard InChI is InChI=1S/C15H23N3O2/c19-15(6-5-11-7-8-20-10-11)16-9-14-12-3-1-2-4-13(12)17-18-14/h11H,1-10H2,(H,16,19)(H,17,18). The van der Waals surface area contributed by atoms with Crippen LogP contribution in [0.3, 0.4) is 0 Å². The molecular weight excluding hydrogens is 254 g/mol. The molecule has 1 unspecified atom stereocenters. The number of aryl methyl sites for hydroxylation is 1. The summed E-state index contributed by atoms with van der Waals surface area (Å²) < 4.78 is 5.32. The molecule has 1 aliphatic heterocycles. The van der Waals surface area contributed by atoms with E-state index < -0.39 is 0 Å². The molecule has 0 aromatic carbocycles. The Bertz CT molecular complexity index is 464. The number of carbonyl (C=O) groups is 1. The summed E-state index contributed by atoms with van der Waals surface area (Å²) in [6, 6.07) is 0. The first kappa shape index (κ1) is 13.6. The van der Waals surface area contributed by atoms with Crippen molar-refractivity contribution in [2.24, 2.45) is 5.92 Å². The third kappa shape index (κ3) is 3.20. The van der Waals surface area contributed by atoms with Gasteiger partial charge in [0.1, 0.15) is 0 Å². The number of fused-ring (bicyclic) bond motifs is 1. The Kier molecular flexibility index (Phi) is 4.35. The normalized spacial score (nSPS) is 21.7. The van der Waals surface area contributed by atoms with Crippen LogP contribution in [0.15, 0.2) is 0 Å². The number of aromatic amines is 1. The lowest BCUT2D eigenvalue weighted by Gasteiger charge is -2.12. The van der Waals surface area contributed by atoms with E-state index >= 15 is 0 Å². The molecule has 2 N–H and O–H groups in total. The number of hydrogen-bond donors (Lipinski definition) is 2. The summed E-state index contributed by atoms with van der Waals surface area (Å²) in [6.07, 6.45) is 7.29. The zero-order valence-electron chi connectivity index (χ0n) is 11.9. The van der Waals surface area contributed by atoms with Gasteiger partial charge in [-0.05, 0) is 50.0 Å². The third-order valence-corrected chi connectivity index (χ3v) is 4.40.